The van der Waals surface area contributed by atoms with E-state index >= 15 is 0 Å². The summed E-state index contributed by atoms with van der Waals surface area (Å²) in [6, 6.07) is 0. The van der Waals surface area contributed by atoms with Crippen LogP contribution >= 0.6 is 12.6 Å². The van der Waals surface area contributed by atoms with Crippen molar-refractivity contribution in [3.05, 3.63) is 0 Å². The minimum atomic E-state index is 0.635. The standard InChI is InChI=1S/C10H20S/c1-3-9(8-11)10(2)6-4-5-7-10/h9,11H,3-8H2,1-2H3. The molecule has 1 heteroatoms. The second kappa shape index (κ2) is 3.84. The largest absolute Gasteiger partial charge is 0.179 e. The van der Waals surface area contributed by atoms with E-state index in [4.69, 9.17) is 0 Å². The third-order valence-corrected chi connectivity index (χ3v) is 3.89. The maximum absolute atomic E-state index is 4.42. The maximum atomic E-state index is 4.42. The average molecular weight is 172 g/mol. The molecule has 0 heterocycles. The minimum absolute atomic E-state index is 0.635. The van der Waals surface area contributed by atoms with Crippen molar-refractivity contribution in [1.82, 2.24) is 0 Å². The molecule has 0 radical (unpaired) electrons. The van der Waals surface area contributed by atoms with Crippen molar-refractivity contribution in [3.8, 4) is 0 Å². The zero-order chi connectivity index (χ0) is 8.32. The van der Waals surface area contributed by atoms with E-state index in [0.717, 1.165) is 11.7 Å². The Morgan fingerprint density at radius 1 is 1.36 bits per heavy atom. The van der Waals surface area contributed by atoms with Gasteiger partial charge in [0.2, 0.25) is 0 Å². The van der Waals surface area contributed by atoms with E-state index in [1.807, 2.05) is 0 Å². The molecule has 1 fully saturated rings. The quantitative estimate of drug-likeness (QED) is 0.619. The van der Waals surface area contributed by atoms with Gasteiger partial charge >= 0.3 is 0 Å². The molecule has 0 aromatic carbocycles. The van der Waals surface area contributed by atoms with Crippen LogP contribution in [0.5, 0.6) is 0 Å². The highest BCUT2D eigenvalue weighted by Crippen LogP contribution is 2.45. The predicted molar refractivity (Wildman–Crippen MR) is 54.2 cm³/mol. The summed E-state index contributed by atoms with van der Waals surface area (Å²) in [6.07, 6.45) is 7.07. The van der Waals surface area contributed by atoms with E-state index in [2.05, 4.69) is 26.5 Å². The van der Waals surface area contributed by atoms with E-state index < -0.39 is 0 Å². The normalized spacial score (nSPS) is 25.4. The molecule has 1 rings (SSSR count). The first-order valence-electron chi connectivity index (χ1n) is 4.84. The van der Waals surface area contributed by atoms with Crippen LogP contribution in [0.4, 0.5) is 0 Å². The third-order valence-electron chi connectivity index (χ3n) is 3.44. The van der Waals surface area contributed by atoms with Gasteiger partial charge < -0.3 is 0 Å². The molecule has 0 spiro atoms. The van der Waals surface area contributed by atoms with Gasteiger partial charge in [0.25, 0.3) is 0 Å². The lowest BCUT2D eigenvalue weighted by atomic mass is 9.75. The summed E-state index contributed by atoms with van der Waals surface area (Å²) < 4.78 is 0. The van der Waals surface area contributed by atoms with Crippen molar-refractivity contribution < 1.29 is 0 Å². The zero-order valence-corrected chi connectivity index (χ0v) is 8.66. The number of thiol groups is 1. The van der Waals surface area contributed by atoms with Crippen molar-refractivity contribution in [2.45, 2.75) is 46.0 Å². The van der Waals surface area contributed by atoms with E-state index in [1.165, 1.54) is 32.1 Å². The molecular weight excluding hydrogens is 152 g/mol. The highest BCUT2D eigenvalue weighted by atomic mass is 32.1. The Bertz CT molecular complexity index is 110. The SMILES string of the molecule is CCC(CS)C1(C)CCCC1. The molecule has 0 aliphatic heterocycles. The Labute approximate surface area is 76.2 Å². The Hall–Kier alpha value is 0.350. The second-order valence-corrected chi connectivity index (χ2v) is 4.51. The molecule has 11 heavy (non-hydrogen) atoms. The molecule has 1 unspecified atom stereocenters. The highest BCUT2D eigenvalue weighted by molar-refractivity contribution is 7.80. The van der Waals surface area contributed by atoms with Crippen LogP contribution in [0.3, 0.4) is 0 Å². The van der Waals surface area contributed by atoms with Gasteiger partial charge in [-0.25, -0.2) is 0 Å². The summed E-state index contributed by atoms with van der Waals surface area (Å²) in [4.78, 5) is 0. The molecule has 1 atom stereocenters. The molecule has 0 nitrogen and oxygen atoms in total. The van der Waals surface area contributed by atoms with E-state index in [-0.39, 0.29) is 0 Å². The van der Waals surface area contributed by atoms with Crippen LogP contribution in [-0.2, 0) is 0 Å². The van der Waals surface area contributed by atoms with Crippen molar-refractivity contribution in [3.63, 3.8) is 0 Å². The van der Waals surface area contributed by atoms with E-state index in [9.17, 15) is 0 Å². The van der Waals surface area contributed by atoms with Crippen molar-refractivity contribution in [2.24, 2.45) is 11.3 Å². The average Bonchev–Trinajstić information content (AvgIpc) is 2.39. The van der Waals surface area contributed by atoms with Gasteiger partial charge in [0.05, 0.1) is 0 Å². The van der Waals surface area contributed by atoms with Gasteiger partial charge in [0.15, 0.2) is 0 Å². The van der Waals surface area contributed by atoms with Gasteiger partial charge in [-0.05, 0) is 29.9 Å². The van der Waals surface area contributed by atoms with Gasteiger partial charge in [-0.2, -0.15) is 12.6 Å². The Kier molecular flexibility index (Phi) is 3.29. The minimum Gasteiger partial charge on any atom is -0.179 e. The second-order valence-electron chi connectivity index (χ2n) is 4.15. The number of hydrogen-bond donors (Lipinski definition) is 1. The fraction of sp³-hybridized carbons (Fsp3) is 1.00. The number of hydrogen-bond acceptors (Lipinski definition) is 1. The lowest BCUT2D eigenvalue weighted by molar-refractivity contribution is 0.209. The summed E-state index contributed by atoms with van der Waals surface area (Å²) in [5.74, 6) is 1.93. The summed E-state index contributed by atoms with van der Waals surface area (Å²) in [7, 11) is 0. The number of rotatable bonds is 3. The molecule has 0 aromatic heterocycles. The third kappa shape index (κ3) is 1.93. The van der Waals surface area contributed by atoms with Crippen molar-refractivity contribution in [2.75, 3.05) is 5.75 Å². The van der Waals surface area contributed by atoms with Crippen LogP contribution in [0.1, 0.15) is 46.0 Å². The van der Waals surface area contributed by atoms with Crippen LogP contribution in [0, 0.1) is 11.3 Å². The Morgan fingerprint density at radius 3 is 2.27 bits per heavy atom. The molecule has 0 bridgehead atoms. The van der Waals surface area contributed by atoms with E-state index in [0.29, 0.717) is 5.41 Å². The predicted octanol–water partition coefficient (Wildman–Crippen LogP) is 3.52. The smallest absolute Gasteiger partial charge is 0.00644 e. The molecule has 1 aliphatic carbocycles. The van der Waals surface area contributed by atoms with Crippen LogP contribution in [0.15, 0.2) is 0 Å². The molecule has 0 amide bonds. The first-order chi connectivity index (χ1) is 5.23. The van der Waals surface area contributed by atoms with Crippen LogP contribution in [0.25, 0.3) is 0 Å². The van der Waals surface area contributed by atoms with Crippen LogP contribution < -0.4 is 0 Å². The van der Waals surface area contributed by atoms with Crippen molar-refractivity contribution in [1.29, 1.82) is 0 Å². The molecular formula is C10H20S. The van der Waals surface area contributed by atoms with Gasteiger partial charge in [-0.1, -0.05) is 33.1 Å². The lowest BCUT2D eigenvalue weighted by Crippen LogP contribution is -2.24. The summed E-state index contributed by atoms with van der Waals surface area (Å²) in [6.45, 7) is 4.74. The molecule has 0 N–H and O–H groups in total. The van der Waals surface area contributed by atoms with Gasteiger partial charge in [0, 0.05) is 0 Å². The Balaban J connectivity index is 2.53. The van der Waals surface area contributed by atoms with Crippen LogP contribution in [-0.4, -0.2) is 5.75 Å². The van der Waals surface area contributed by atoms with Crippen LogP contribution in [0.2, 0.25) is 0 Å². The summed E-state index contributed by atoms with van der Waals surface area (Å²) >= 11 is 4.42. The summed E-state index contributed by atoms with van der Waals surface area (Å²) in [5, 5.41) is 0. The zero-order valence-electron chi connectivity index (χ0n) is 7.77. The molecule has 0 saturated heterocycles. The molecule has 1 aliphatic rings. The maximum Gasteiger partial charge on any atom is -0.00644 e. The monoisotopic (exact) mass is 172 g/mol. The summed E-state index contributed by atoms with van der Waals surface area (Å²) in [5.41, 5.74) is 0.635. The van der Waals surface area contributed by atoms with E-state index in [1.54, 1.807) is 0 Å². The fourth-order valence-electron chi connectivity index (χ4n) is 2.43. The molecule has 1 saturated carbocycles. The van der Waals surface area contributed by atoms with Gasteiger partial charge in [-0.15, -0.1) is 0 Å². The van der Waals surface area contributed by atoms with Gasteiger partial charge in [0.1, 0.15) is 0 Å². The van der Waals surface area contributed by atoms with Gasteiger partial charge in [-0.3, -0.25) is 0 Å². The highest BCUT2D eigenvalue weighted by Gasteiger charge is 2.34. The molecule has 66 valence electrons. The Morgan fingerprint density at radius 2 is 1.91 bits per heavy atom. The molecule has 0 aromatic rings. The topological polar surface area (TPSA) is 0 Å². The first-order valence-corrected chi connectivity index (χ1v) is 5.47. The lowest BCUT2D eigenvalue weighted by Gasteiger charge is -2.32. The first kappa shape index (κ1) is 9.44. The van der Waals surface area contributed by atoms with Crippen molar-refractivity contribution >= 4 is 12.6 Å². The fourth-order valence-corrected chi connectivity index (χ4v) is 3.13.